The van der Waals surface area contributed by atoms with Crippen molar-refractivity contribution in [1.82, 2.24) is 5.43 Å². The van der Waals surface area contributed by atoms with Gasteiger partial charge in [-0.1, -0.05) is 41.9 Å². The van der Waals surface area contributed by atoms with E-state index in [2.05, 4.69) is 15.8 Å². The molecule has 2 aromatic rings. The van der Waals surface area contributed by atoms with Crippen molar-refractivity contribution in [3.63, 3.8) is 0 Å². The van der Waals surface area contributed by atoms with Crippen molar-refractivity contribution in [3.05, 3.63) is 64.7 Å². The maximum absolute atomic E-state index is 12.4. The number of hydrogen-bond acceptors (Lipinski definition) is 3. The van der Waals surface area contributed by atoms with Gasteiger partial charge in [-0.3, -0.25) is 10.2 Å². The highest BCUT2D eigenvalue weighted by Gasteiger charge is 2.50. The molecule has 2 aliphatic heterocycles. The summed E-state index contributed by atoms with van der Waals surface area (Å²) in [6, 6.07) is 15.2. The van der Waals surface area contributed by atoms with Crippen LogP contribution in [0.4, 0.5) is 5.69 Å². The van der Waals surface area contributed by atoms with Gasteiger partial charge in [0.15, 0.2) is 5.54 Å². The van der Waals surface area contributed by atoms with Crippen LogP contribution in [0.15, 0.2) is 53.6 Å². The molecule has 0 fully saturated rings. The van der Waals surface area contributed by atoms with Gasteiger partial charge in [0.05, 0.1) is 5.71 Å². The fourth-order valence-electron chi connectivity index (χ4n) is 2.93. The maximum atomic E-state index is 12.4. The van der Waals surface area contributed by atoms with Crippen molar-refractivity contribution < 1.29 is 4.79 Å². The molecule has 0 aliphatic carbocycles. The van der Waals surface area contributed by atoms with Gasteiger partial charge in [-0.15, -0.1) is 0 Å². The van der Waals surface area contributed by atoms with E-state index in [1.165, 1.54) is 0 Å². The lowest BCUT2D eigenvalue weighted by Crippen LogP contribution is -2.42. The average Bonchev–Trinajstić information content (AvgIpc) is 3.04. The van der Waals surface area contributed by atoms with Gasteiger partial charge in [-0.25, -0.2) is 0 Å². The van der Waals surface area contributed by atoms with Gasteiger partial charge in [0.25, 0.3) is 5.91 Å². The number of benzene rings is 2. The fraction of sp³-hybridized carbons (Fsp3) is 0.125. The minimum absolute atomic E-state index is 0.0653. The Bertz CT molecular complexity index is 787. The minimum atomic E-state index is -0.797. The summed E-state index contributed by atoms with van der Waals surface area (Å²) in [7, 11) is 0. The topological polar surface area (TPSA) is 53.5 Å². The molecule has 0 saturated carbocycles. The number of nitrogens with one attached hydrogen (secondary N) is 2. The van der Waals surface area contributed by atoms with E-state index in [0.717, 1.165) is 22.5 Å². The summed E-state index contributed by atoms with van der Waals surface area (Å²) in [5, 5.41) is 7.95. The molecule has 4 nitrogen and oxygen atoms in total. The number of rotatable bonds is 1. The largest absolute Gasteiger partial charge is 0.323 e. The Morgan fingerprint density at radius 3 is 2.86 bits per heavy atom. The third-order valence-electron chi connectivity index (χ3n) is 3.99. The highest BCUT2D eigenvalue weighted by Crippen LogP contribution is 2.41. The van der Waals surface area contributed by atoms with E-state index >= 15 is 0 Å². The average molecular weight is 298 g/mol. The van der Waals surface area contributed by atoms with Crippen LogP contribution in [0.2, 0.25) is 5.02 Å². The molecular formula is C16H12ClN3O. The Hall–Kier alpha value is -2.33. The molecule has 1 amide bonds. The Labute approximate surface area is 126 Å². The van der Waals surface area contributed by atoms with Crippen LogP contribution in [0.1, 0.15) is 17.5 Å². The number of fused-ring (bicyclic) bond motifs is 2. The van der Waals surface area contributed by atoms with Crippen LogP contribution in [0.25, 0.3) is 0 Å². The van der Waals surface area contributed by atoms with Gasteiger partial charge >= 0.3 is 0 Å². The smallest absolute Gasteiger partial charge is 0.256 e. The fourth-order valence-corrected chi connectivity index (χ4v) is 3.12. The van der Waals surface area contributed by atoms with Crippen LogP contribution in [0.5, 0.6) is 0 Å². The molecule has 1 unspecified atom stereocenters. The predicted molar refractivity (Wildman–Crippen MR) is 82.5 cm³/mol. The van der Waals surface area contributed by atoms with E-state index in [4.69, 9.17) is 11.6 Å². The molecule has 0 saturated heterocycles. The monoisotopic (exact) mass is 297 g/mol. The van der Waals surface area contributed by atoms with Crippen molar-refractivity contribution in [2.24, 2.45) is 5.10 Å². The van der Waals surface area contributed by atoms with Crippen molar-refractivity contribution in [1.29, 1.82) is 0 Å². The van der Waals surface area contributed by atoms with E-state index in [1.54, 1.807) is 0 Å². The highest BCUT2D eigenvalue weighted by atomic mass is 35.5. The molecule has 4 rings (SSSR count). The highest BCUT2D eigenvalue weighted by molar-refractivity contribution is 6.31. The predicted octanol–water partition coefficient (Wildman–Crippen LogP) is 2.89. The number of hydrogen-bond donors (Lipinski definition) is 2. The minimum Gasteiger partial charge on any atom is -0.323 e. The molecular weight excluding hydrogens is 286 g/mol. The lowest BCUT2D eigenvalue weighted by atomic mass is 9.86. The molecule has 0 bridgehead atoms. The van der Waals surface area contributed by atoms with E-state index < -0.39 is 5.54 Å². The quantitative estimate of drug-likeness (QED) is 0.850. The summed E-state index contributed by atoms with van der Waals surface area (Å²) in [5.41, 5.74) is 5.80. The molecule has 1 spiro atoms. The lowest BCUT2D eigenvalue weighted by molar-refractivity contribution is -0.121. The first-order valence-electron chi connectivity index (χ1n) is 6.70. The van der Waals surface area contributed by atoms with E-state index in [-0.39, 0.29) is 5.91 Å². The van der Waals surface area contributed by atoms with Crippen LogP contribution < -0.4 is 10.7 Å². The number of carbonyl (C=O) groups excluding carboxylic acids is 1. The number of carbonyl (C=O) groups is 1. The molecule has 0 aromatic heterocycles. The van der Waals surface area contributed by atoms with Crippen molar-refractivity contribution in [2.45, 2.75) is 12.0 Å². The summed E-state index contributed by atoms with van der Waals surface area (Å²) in [4.78, 5) is 12.4. The zero-order valence-electron chi connectivity index (χ0n) is 11.1. The second kappa shape index (κ2) is 4.33. The van der Waals surface area contributed by atoms with Crippen molar-refractivity contribution in [3.8, 4) is 0 Å². The number of halogens is 1. The summed E-state index contributed by atoms with van der Waals surface area (Å²) in [6.45, 7) is 0. The van der Waals surface area contributed by atoms with Crippen LogP contribution in [0.3, 0.4) is 0 Å². The lowest BCUT2D eigenvalue weighted by Gasteiger charge is -2.20. The van der Waals surface area contributed by atoms with E-state index in [0.29, 0.717) is 11.4 Å². The van der Waals surface area contributed by atoms with Gasteiger partial charge in [0.1, 0.15) is 0 Å². The van der Waals surface area contributed by atoms with Gasteiger partial charge in [0.2, 0.25) is 0 Å². The second-order valence-corrected chi connectivity index (χ2v) is 5.70. The second-order valence-electron chi connectivity index (χ2n) is 5.26. The summed E-state index contributed by atoms with van der Waals surface area (Å²) < 4.78 is 0. The Balaban J connectivity index is 1.73. The standard InChI is InChI=1S/C16H12ClN3O/c17-11-5-3-4-10(8-11)14-9-16(20-19-14)12-6-1-2-7-13(12)18-15(16)21/h1-8,20H,9H2,(H,18,21). The first-order chi connectivity index (χ1) is 10.2. The summed E-state index contributed by atoms with van der Waals surface area (Å²) in [6.07, 6.45) is 0.510. The molecule has 5 heteroatoms. The van der Waals surface area contributed by atoms with Crippen LogP contribution >= 0.6 is 11.6 Å². The van der Waals surface area contributed by atoms with E-state index in [9.17, 15) is 4.79 Å². The number of amides is 1. The summed E-state index contributed by atoms with van der Waals surface area (Å²) in [5.74, 6) is -0.0653. The number of anilines is 1. The zero-order valence-corrected chi connectivity index (χ0v) is 11.8. The Morgan fingerprint density at radius 2 is 2.00 bits per heavy atom. The first kappa shape index (κ1) is 12.4. The van der Waals surface area contributed by atoms with Crippen LogP contribution in [-0.4, -0.2) is 11.6 Å². The first-order valence-corrected chi connectivity index (χ1v) is 7.07. The number of para-hydroxylation sites is 1. The molecule has 2 aliphatic rings. The zero-order chi connectivity index (χ0) is 14.4. The molecule has 2 N–H and O–H groups in total. The third kappa shape index (κ3) is 1.76. The molecule has 0 radical (unpaired) electrons. The van der Waals surface area contributed by atoms with Gasteiger partial charge in [-0.05, 0) is 23.8 Å². The maximum Gasteiger partial charge on any atom is 0.256 e. The number of nitrogens with zero attached hydrogens (tertiary/aromatic N) is 1. The summed E-state index contributed by atoms with van der Waals surface area (Å²) >= 11 is 6.03. The third-order valence-corrected chi connectivity index (χ3v) is 4.23. The molecule has 21 heavy (non-hydrogen) atoms. The normalized spacial score (nSPS) is 22.7. The van der Waals surface area contributed by atoms with Crippen molar-refractivity contribution >= 4 is 28.9 Å². The van der Waals surface area contributed by atoms with Gasteiger partial charge in [-0.2, -0.15) is 5.10 Å². The van der Waals surface area contributed by atoms with Gasteiger partial charge in [0, 0.05) is 22.7 Å². The van der Waals surface area contributed by atoms with Crippen molar-refractivity contribution in [2.75, 3.05) is 5.32 Å². The SMILES string of the molecule is O=C1Nc2ccccc2C12CC(c1cccc(Cl)c1)=NN2. The van der Waals surface area contributed by atoms with E-state index in [1.807, 2.05) is 48.5 Å². The van der Waals surface area contributed by atoms with Crippen LogP contribution in [-0.2, 0) is 10.3 Å². The molecule has 104 valence electrons. The van der Waals surface area contributed by atoms with Gasteiger partial charge < -0.3 is 5.32 Å². The Kier molecular flexibility index (Phi) is 2.56. The van der Waals surface area contributed by atoms with Crippen LogP contribution in [0, 0.1) is 0 Å². The number of hydrazone groups is 1. The molecule has 2 heterocycles. The molecule has 2 aromatic carbocycles. The Morgan fingerprint density at radius 1 is 1.14 bits per heavy atom. The molecule has 1 atom stereocenters.